The SMILES string of the molecule is Cc1cc(C)cc(C(=O)NC(=S)Nc2ccc(N3CCCCC3)c(F)c2)c1. The molecule has 0 bridgehead atoms. The quantitative estimate of drug-likeness (QED) is 0.761. The number of piperidine rings is 1. The van der Waals surface area contributed by atoms with E-state index in [2.05, 4.69) is 15.5 Å². The number of carbonyl (C=O) groups excluding carboxylic acids is 1. The van der Waals surface area contributed by atoms with Crippen LogP contribution in [0.1, 0.15) is 40.7 Å². The number of benzene rings is 2. The van der Waals surface area contributed by atoms with Gasteiger partial charge in [0.05, 0.1) is 5.69 Å². The summed E-state index contributed by atoms with van der Waals surface area (Å²) in [5, 5.41) is 5.67. The van der Waals surface area contributed by atoms with Gasteiger partial charge in [-0.3, -0.25) is 10.1 Å². The van der Waals surface area contributed by atoms with Crippen LogP contribution >= 0.6 is 12.2 Å². The third-order valence-corrected chi connectivity index (χ3v) is 4.82. The normalized spacial score (nSPS) is 14.0. The Morgan fingerprint density at radius 2 is 1.70 bits per heavy atom. The third kappa shape index (κ3) is 5.04. The molecule has 1 amide bonds. The zero-order valence-electron chi connectivity index (χ0n) is 15.6. The molecule has 2 aromatic carbocycles. The number of nitrogens with zero attached hydrogens (tertiary/aromatic N) is 1. The van der Waals surface area contributed by atoms with Gasteiger partial charge in [-0.25, -0.2) is 4.39 Å². The van der Waals surface area contributed by atoms with Gasteiger partial charge in [-0.2, -0.15) is 0 Å². The van der Waals surface area contributed by atoms with Crippen LogP contribution in [0.2, 0.25) is 0 Å². The zero-order valence-corrected chi connectivity index (χ0v) is 16.5. The lowest BCUT2D eigenvalue weighted by Crippen LogP contribution is -2.34. The minimum absolute atomic E-state index is 0.143. The van der Waals surface area contributed by atoms with Crippen molar-refractivity contribution in [3.8, 4) is 0 Å². The maximum absolute atomic E-state index is 14.5. The first-order chi connectivity index (χ1) is 12.9. The molecule has 1 fully saturated rings. The van der Waals surface area contributed by atoms with E-state index in [1.54, 1.807) is 24.3 Å². The molecule has 2 aromatic rings. The van der Waals surface area contributed by atoms with E-state index < -0.39 is 0 Å². The Hall–Kier alpha value is -2.47. The number of aryl methyl sites for hydroxylation is 2. The molecule has 1 aliphatic heterocycles. The first-order valence-corrected chi connectivity index (χ1v) is 9.58. The van der Waals surface area contributed by atoms with Gasteiger partial charge >= 0.3 is 0 Å². The number of hydrogen-bond acceptors (Lipinski definition) is 3. The first-order valence-electron chi connectivity index (χ1n) is 9.17. The summed E-state index contributed by atoms with van der Waals surface area (Å²) < 4.78 is 14.5. The van der Waals surface area contributed by atoms with Crippen molar-refractivity contribution < 1.29 is 9.18 Å². The number of anilines is 2. The molecule has 0 saturated carbocycles. The van der Waals surface area contributed by atoms with Crippen molar-refractivity contribution >= 4 is 34.6 Å². The Morgan fingerprint density at radius 1 is 1.04 bits per heavy atom. The monoisotopic (exact) mass is 385 g/mol. The number of thiocarbonyl (C=S) groups is 1. The fraction of sp³-hybridized carbons (Fsp3) is 0.333. The summed E-state index contributed by atoms with van der Waals surface area (Å²) >= 11 is 5.20. The van der Waals surface area contributed by atoms with Gasteiger partial charge in [0.2, 0.25) is 0 Å². The van der Waals surface area contributed by atoms with E-state index in [1.165, 1.54) is 12.5 Å². The second-order valence-electron chi connectivity index (χ2n) is 7.00. The molecular weight excluding hydrogens is 361 g/mol. The number of nitrogens with one attached hydrogen (secondary N) is 2. The van der Waals surface area contributed by atoms with Gasteiger partial charge in [0, 0.05) is 24.3 Å². The molecule has 6 heteroatoms. The molecule has 3 rings (SSSR count). The third-order valence-electron chi connectivity index (χ3n) is 4.61. The highest BCUT2D eigenvalue weighted by Gasteiger charge is 2.15. The van der Waals surface area contributed by atoms with Gasteiger partial charge in [-0.15, -0.1) is 0 Å². The second kappa shape index (κ2) is 8.48. The fourth-order valence-electron chi connectivity index (χ4n) is 3.42. The standard InChI is InChI=1S/C21H24FN3OS/c1-14-10-15(2)12-16(11-14)20(26)24-21(27)23-17-6-7-19(18(22)13-17)25-8-4-3-5-9-25/h6-7,10-13H,3-5,8-9H2,1-2H3,(H2,23,24,26,27). The lowest BCUT2D eigenvalue weighted by Gasteiger charge is -2.29. The first kappa shape index (κ1) is 19.3. The van der Waals surface area contributed by atoms with Gasteiger partial charge in [0.25, 0.3) is 5.91 Å². The average molecular weight is 386 g/mol. The number of carbonyl (C=O) groups is 1. The molecule has 142 valence electrons. The highest BCUT2D eigenvalue weighted by atomic mass is 32.1. The van der Waals surface area contributed by atoms with Crippen molar-refractivity contribution in [2.45, 2.75) is 33.1 Å². The molecule has 1 aliphatic rings. The van der Waals surface area contributed by atoms with Crippen molar-refractivity contribution in [1.29, 1.82) is 0 Å². The molecule has 27 heavy (non-hydrogen) atoms. The number of amides is 1. The van der Waals surface area contributed by atoms with Crippen LogP contribution in [0.15, 0.2) is 36.4 Å². The largest absolute Gasteiger partial charge is 0.369 e. The lowest BCUT2D eigenvalue weighted by molar-refractivity contribution is 0.0977. The molecule has 0 spiro atoms. The molecule has 0 unspecified atom stereocenters. The van der Waals surface area contributed by atoms with Crippen molar-refractivity contribution in [2.24, 2.45) is 0 Å². The maximum Gasteiger partial charge on any atom is 0.257 e. The lowest BCUT2D eigenvalue weighted by atomic mass is 10.1. The van der Waals surface area contributed by atoms with E-state index in [-0.39, 0.29) is 16.8 Å². The van der Waals surface area contributed by atoms with Gasteiger partial charge in [-0.1, -0.05) is 17.2 Å². The van der Waals surface area contributed by atoms with Crippen LogP contribution in [0.5, 0.6) is 0 Å². The van der Waals surface area contributed by atoms with Crippen LogP contribution in [-0.2, 0) is 0 Å². The smallest absolute Gasteiger partial charge is 0.257 e. The highest BCUT2D eigenvalue weighted by Crippen LogP contribution is 2.25. The minimum Gasteiger partial charge on any atom is -0.369 e. The topological polar surface area (TPSA) is 44.4 Å². The zero-order chi connectivity index (χ0) is 19.4. The van der Waals surface area contributed by atoms with Gasteiger partial charge in [0.1, 0.15) is 5.82 Å². The highest BCUT2D eigenvalue weighted by molar-refractivity contribution is 7.80. The Bertz CT molecular complexity index is 842. The Kier molecular flexibility index (Phi) is 6.06. The summed E-state index contributed by atoms with van der Waals surface area (Å²) in [6.07, 6.45) is 3.38. The van der Waals surface area contributed by atoms with Crippen molar-refractivity contribution in [3.05, 3.63) is 58.9 Å². The minimum atomic E-state index is -0.287. The van der Waals surface area contributed by atoms with Crippen LogP contribution in [0.3, 0.4) is 0 Å². The Morgan fingerprint density at radius 3 is 2.33 bits per heavy atom. The van der Waals surface area contributed by atoms with E-state index in [9.17, 15) is 9.18 Å². The van der Waals surface area contributed by atoms with E-state index in [0.29, 0.717) is 16.9 Å². The van der Waals surface area contributed by atoms with Crippen molar-refractivity contribution in [3.63, 3.8) is 0 Å². The molecule has 1 saturated heterocycles. The van der Waals surface area contributed by atoms with Gasteiger partial charge < -0.3 is 10.2 Å². The molecule has 0 aliphatic carbocycles. The summed E-state index contributed by atoms with van der Waals surface area (Å²) in [5.41, 5.74) is 3.69. The van der Waals surface area contributed by atoms with Gasteiger partial charge in [0.15, 0.2) is 5.11 Å². The van der Waals surface area contributed by atoms with Crippen molar-refractivity contribution in [2.75, 3.05) is 23.3 Å². The van der Waals surface area contributed by atoms with E-state index >= 15 is 0 Å². The van der Waals surface area contributed by atoms with Crippen LogP contribution in [0, 0.1) is 19.7 Å². The molecule has 0 aromatic heterocycles. The van der Waals surface area contributed by atoms with Gasteiger partial charge in [-0.05, 0) is 75.7 Å². The Labute approximate surface area is 164 Å². The van der Waals surface area contributed by atoms with Crippen LogP contribution in [0.25, 0.3) is 0 Å². The summed E-state index contributed by atoms with van der Waals surface area (Å²) in [6, 6.07) is 10.6. The molecule has 2 N–H and O–H groups in total. The van der Waals surface area contributed by atoms with E-state index in [0.717, 1.165) is 37.1 Å². The number of hydrogen-bond donors (Lipinski definition) is 2. The molecule has 1 heterocycles. The molecule has 4 nitrogen and oxygen atoms in total. The summed E-state index contributed by atoms with van der Waals surface area (Å²) in [7, 11) is 0. The number of rotatable bonds is 3. The van der Waals surface area contributed by atoms with E-state index in [1.807, 2.05) is 19.9 Å². The fourth-order valence-corrected chi connectivity index (χ4v) is 3.63. The second-order valence-corrected chi connectivity index (χ2v) is 7.41. The Balaban J connectivity index is 1.63. The number of halogens is 1. The average Bonchev–Trinajstić information content (AvgIpc) is 2.61. The molecule has 0 atom stereocenters. The predicted octanol–water partition coefficient (Wildman–Crippen LogP) is 4.56. The summed E-state index contributed by atoms with van der Waals surface area (Å²) in [4.78, 5) is 14.4. The summed E-state index contributed by atoms with van der Waals surface area (Å²) in [5.74, 6) is -0.574. The van der Waals surface area contributed by atoms with Crippen LogP contribution in [0.4, 0.5) is 15.8 Å². The maximum atomic E-state index is 14.5. The summed E-state index contributed by atoms with van der Waals surface area (Å²) in [6.45, 7) is 5.64. The predicted molar refractivity (Wildman–Crippen MR) is 112 cm³/mol. The van der Waals surface area contributed by atoms with E-state index in [4.69, 9.17) is 12.2 Å². The van der Waals surface area contributed by atoms with Crippen LogP contribution < -0.4 is 15.5 Å². The molecular formula is C21H24FN3OS. The van der Waals surface area contributed by atoms with Crippen LogP contribution in [-0.4, -0.2) is 24.1 Å². The molecule has 0 radical (unpaired) electrons. The van der Waals surface area contributed by atoms with Crippen molar-refractivity contribution in [1.82, 2.24) is 5.32 Å².